The lowest BCUT2D eigenvalue weighted by molar-refractivity contribution is 1.25. The van der Waals surface area contributed by atoms with E-state index in [0.717, 1.165) is 102 Å². The number of hydrogen-bond donors (Lipinski definition) is 0. The van der Waals surface area contributed by atoms with Crippen LogP contribution in [0.25, 0.3) is 33.4 Å². The zero-order chi connectivity index (χ0) is 56.1. The van der Waals surface area contributed by atoms with Crippen LogP contribution in [0.3, 0.4) is 0 Å². The van der Waals surface area contributed by atoms with Gasteiger partial charge < -0.3 is 19.6 Å². The highest BCUT2D eigenvalue weighted by molar-refractivity contribution is 5.98. The molecule has 0 aliphatic heterocycles. The molecule has 0 radical (unpaired) electrons. The van der Waals surface area contributed by atoms with E-state index in [1.807, 2.05) is 0 Å². The minimum absolute atomic E-state index is 1.05. The Balaban J connectivity index is 1.12. The third kappa shape index (κ3) is 11.0. The molecule has 0 fully saturated rings. The highest BCUT2D eigenvalue weighted by Crippen LogP contribution is 2.49. The van der Waals surface area contributed by atoms with Crippen molar-refractivity contribution in [1.29, 1.82) is 0 Å². The fraction of sp³-hybridized carbons (Fsp3) is 0.0769. The lowest BCUT2D eigenvalue weighted by Crippen LogP contribution is -2.12. The van der Waals surface area contributed by atoms with Crippen molar-refractivity contribution in [3.8, 4) is 33.4 Å². The summed E-state index contributed by atoms with van der Waals surface area (Å²) in [6, 6.07) is 106. The van der Waals surface area contributed by atoms with Crippen molar-refractivity contribution in [2.24, 2.45) is 0 Å². The van der Waals surface area contributed by atoms with Gasteiger partial charge in [0.25, 0.3) is 0 Å². The standard InChI is InChI=1S/C78H66N4/c1-55-23-19-35-65(47-55)79(61-27-11-7-12-28-61)69-39-43-73(59(5)51-69)75-45-41-71(81(63-31-15-9-16-32-63)67-37-21-25-57(3)49-67)53-77(75)78-54-72(82(64-33-17-10-18-34-64)68-38-22-26-58(4)50-68)42-46-76(78)74-44-40-70(52-60(74)6)80(62-29-13-8-14-30-62)66-36-20-24-56(2)48-66/h7-54H,1-6H3. The molecular formula is C78H66N4. The maximum atomic E-state index is 2.43. The average molecular weight is 1060 g/mol. The summed E-state index contributed by atoms with van der Waals surface area (Å²) in [6.07, 6.45) is 0. The van der Waals surface area contributed by atoms with Crippen molar-refractivity contribution >= 4 is 68.2 Å². The van der Waals surface area contributed by atoms with E-state index in [1.165, 1.54) is 33.4 Å². The zero-order valence-electron chi connectivity index (χ0n) is 47.5. The van der Waals surface area contributed by atoms with Crippen LogP contribution in [-0.2, 0) is 0 Å². The van der Waals surface area contributed by atoms with Gasteiger partial charge >= 0.3 is 0 Å². The molecule has 4 nitrogen and oxygen atoms in total. The highest BCUT2D eigenvalue weighted by Gasteiger charge is 2.24. The van der Waals surface area contributed by atoms with Gasteiger partial charge in [-0.3, -0.25) is 0 Å². The molecular weight excluding hydrogens is 993 g/mol. The van der Waals surface area contributed by atoms with Gasteiger partial charge in [0, 0.05) is 68.2 Å². The van der Waals surface area contributed by atoms with Crippen LogP contribution in [0.2, 0.25) is 0 Å². The molecule has 82 heavy (non-hydrogen) atoms. The van der Waals surface area contributed by atoms with Crippen LogP contribution in [0.1, 0.15) is 33.4 Å². The number of nitrogens with zero attached hydrogens (tertiary/aromatic N) is 4. The first-order chi connectivity index (χ1) is 40.1. The number of anilines is 12. The van der Waals surface area contributed by atoms with Gasteiger partial charge in [0.2, 0.25) is 0 Å². The number of para-hydroxylation sites is 4. The van der Waals surface area contributed by atoms with Crippen LogP contribution in [0.15, 0.2) is 291 Å². The van der Waals surface area contributed by atoms with Gasteiger partial charge in [0.15, 0.2) is 0 Å². The Morgan fingerprint density at radius 1 is 0.159 bits per heavy atom. The molecule has 0 amide bonds. The quantitative estimate of drug-likeness (QED) is 0.101. The minimum atomic E-state index is 1.05. The molecule has 0 bridgehead atoms. The van der Waals surface area contributed by atoms with Crippen molar-refractivity contribution in [2.75, 3.05) is 19.6 Å². The van der Waals surface area contributed by atoms with E-state index in [9.17, 15) is 0 Å². The van der Waals surface area contributed by atoms with E-state index in [4.69, 9.17) is 0 Å². The normalized spacial score (nSPS) is 11.0. The monoisotopic (exact) mass is 1060 g/mol. The van der Waals surface area contributed by atoms with Gasteiger partial charge in [-0.15, -0.1) is 0 Å². The van der Waals surface area contributed by atoms with Crippen molar-refractivity contribution in [1.82, 2.24) is 0 Å². The second-order valence-corrected chi connectivity index (χ2v) is 21.5. The molecule has 398 valence electrons. The van der Waals surface area contributed by atoms with Gasteiger partial charge in [-0.25, -0.2) is 0 Å². The SMILES string of the molecule is Cc1cccc(N(c2ccccc2)c2ccc(-c3ccc(N(c4ccccc4)c4cccc(C)c4)cc3-c3cc(N(c4ccccc4)c4cccc(C)c4)ccc3-c3ccc(N(c4ccccc4)c4cccc(C)c4)cc3C)c(C)c2)c1. The van der Waals surface area contributed by atoms with Gasteiger partial charge in [-0.1, -0.05) is 146 Å². The molecule has 0 spiro atoms. The lowest BCUT2D eigenvalue weighted by atomic mass is 9.86. The summed E-state index contributed by atoms with van der Waals surface area (Å²) in [5.74, 6) is 0. The van der Waals surface area contributed by atoms with E-state index < -0.39 is 0 Å². The molecule has 4 heteroatoms. The first-order valence-electron chi connectivity index (χ1n) is 28.3. The Hall–Kier alpha value is -10.2. The molecule has 0 heterocycles. The number of aryl methyl sites for hydroxylation is 6. The Morgan fingerprint density at radius 3 is 0.622 bits per heavy atom. The van der Waals surface area contributed by atoms with Crippen LogP contribution >= 0.6 is 0 Å². The molecule has 0 atom stereocenters. The molecule has 0 saturated carbocycles. The second kappa shape index (κ2) is 23.3. The largest absolute Gasteiger partial charge is 0.310 e. The summed E-state index contributed by atoms with van der Waals surface area (Å²) in [4.78, 5) is 9.52. The summed E-state index contributed by atoms with van der Waals surface area (Å²) < 4.78 is 0. The Bertz CT molecular complexity index is 3920. The third-order valence-corrected chi connectivity index (χ3v) is 15.4. The summed E-state index contributed by atoms with van der Waals surface area (Å²) in [7, 11) is 0. The Labute approximate surface area is 484 Å². The Morgan fingerprint density at radius 2 is 0.378 bits per heavy atom. The van der Waals surface area contributed by atoms with Crippen LogP contribution in [0, 0.1) is 41.5 Å². The summed E-state index contributed by atoms with van der Waals surface area (Å²) >= 11 is 0. The minimum Gasteiger partial charge on any atom is -0.310 e. The first-order valence-corrected chi connectivity index (χ1v) is 28.3. The molecule has 12 rings (SSSR count). The summed E-state index contributed by atoms with van der Waals surface area (Å²) in [5, 5.41) is 0. The van der Waals surface area contributed by atoms with E-state index in [-0.39, 0.29) is 0 Å². The van der Waals surface area contributed by atoms with Gasteiger partial charge in [0.1, 0.15) is 0 Å². The number of hydrogen-bond acceptors (Lipinski definition) is 4. The van der Waals surface area contributed by atoms with Crippen LogP contribution < -0.4 is 19.6 Å². The fourth-order valence-corrected chi connectivity index (χ4v) is 11.6. The predicted molar refractivity (Wildman–Crippen MR) is 350 cm³/mol. The second-order valence-electron chi connectivity index (χ2n) is 21.5. The van der Waals surface area contributed by atoms with Crippen molar-refractivity contribution in [3.63, 3.8) is 0 Å². The zero-order valence-corrected chi connectivity index (χ0v) is 47.5. The molecule has 0 aliphatic carbocycles. The third-order valence-electron chi connectivity index (χ3n) is 15.4. The van der Waals surface area contributed by atoms with Gasteiger partial charge in [0.05, 0.1) is 0 Å². The summed E-state index contributed by atoms with van der Waals surface area (Å²) in [6.45, 7) is 13.2. The summed E-state index contributed by atoms with van der Waals surface area (Å²) in [5.41, 5.74) is 27.0. The molecule has 12 aromatic carbocycles. The lowest BCUT2D eigenvalue weighted by Gasteiger charge is -2.30. The Kier molecular flexibility index (Phi) is 14.9. The maximum Gasteiger partial charge on any atom is 0.0468 e. The average Bonchev–Trinajstić information content (AvgIpc) is 3.64. The molecule has 0 aromatic heterocycles. The molecule has 0 aliphatic rings. The highest BCUT2D eigenvalue weighted by atomic mass is 15.2. The van der Waals surface area contributed by atoms with Gasteiger partial charge in [-0.2, -0.15) is 0 Å². The molecule has 0 unspecified atom stereocenters. The van der Waals surface area contributed by atoms with Gasteiger partial charge in [-0.05, 0) is 254 Å². The number of benzene rings is 12. The molecule has 0 N–H and O–H groups in total. The maximum absolute atomic E-state index is 2.43. The van der Waals surface area contributed by atoms with Crippen LogP contribution in [0.4, 0.5) is 68.2 Å². The first kappa shape index (κ1) is 52.5. The van der Waals surface area contributed by atoms with Crippen molar-refractivity contribution < 1.29 is 0 Å². The fourth-order valence-electron chi connectivity index (χ4n) is 11.6. The number of rotatable bonds is 15. The van der Waals surface area contributed by atoms with Crippen LogP contribution in [-0.4, -0.2) is 0 Å². The molecule has 0 saturated heterocycles. The van der Waals surface area contributed by atoms with E-state index in [1.54, 1.807) is 0 Å². The van der Waals surface area contributed by atoms with Crippen molar-refractivity contribution in [2.45, 2.75) is 41.5 Å². The van der Waals surface area contributed by atoms with E-state index in [0.29, 0.717) is 0 Å². The predicted octanol–water partition coefficient (Wildman–Crippen LogP) is 22.4. The van der Waals surface area contributed by atoms with E-state index in [2.05, 4.69) is 352 Å². The van der Waals surface area contributed by atoms with E-state index >= 15 is 0 Å². The molecule has 12 aromatic rings. The van der Waals surface area contributed by atoms with Crippen LogP contribution in [0.5, 0.6) is 0 Å². The smallest absolute Gasteiger partial charge is 0.0468 e. The van der Waals surface area contributed by atoms with Crippen molar-refractivity contribution in [3.05, 3.63) is 325 Å². The topological polar surface area (TPSA) is 13.0 Å².